The van der Waals surface area contributed by atoms with Crippen LogP contribution in [0.5, 0.6) is 0 Å². The monoisotopic (exact) mass is 369 g/mol. The number of nitrogens with zero attached hydrogens (tertiary/aromatic N) is 3. The van der Waals surface area contributed by atoms with Gasteiger partial charge in [-0.1, -0.05) is 23.4 Å². The van der Waals surface area contributed by atoms with E-state index in [0.29, 0.717) is 13.2 Å². The number of rotatable bonds is 5. The third-order valence-electron chi connectivity index (χ3n) is 6.16. The molecule has 27 heavy (non-hydrogen) atoms. The van der Waals surface area contributed by atoms with Gasteiger partial charge in [0.1, 0.15) is 5.76 Å². The average Bonchev–Trinajstić information content (AvgIpc) is 3.12. The molecule has 0 saturated carbocycles. The summed E-state index contributed by atoms with van der Waals surface area (Å²) in [4.78, 5) is 17.7. The molecule has 0 unspecified atom stereocenters. The summed E-state index contributed by atoms with van der Waals surface area (Å²) in [5, 5.41) is 4.06. The van der Waals surface area contributed by atoms with Crippen molar-refractivity contribution in [2.75, 3.05) is 38.3 Å². The van der Waals surface area contributed by atoms with Gasteiger partial charge in [-0.3, -0.25) is 9.69 Å². The summed E-state index contributed by atoms with van der Waals surface area (Å²) in [5.41, 5.74) is 3.98. The van der Waals surface area contributed by atoms with Gasteiger partial charge >= 0.3 is 0 Å². The van der Waals surface area contributed by atoms with Gasteiger partial charge in [0, 0.05) is 31.5 Å². The third-order valence-corrected chi connectivity index (χ3v) is 6.16. The number of aromatic nitrogens is 1. The summed E-state index contributed by atoms with van der Waals surface area (Å²) in [6.07, 6.45) is 1.69. The van der Waals surface area contributed by atoms with Gasteiger partial charge in [-0.2, -0.15) is 0 Å². The molecule has 0 radical (unpaired) electrons. The van der Waals surface area contributed by atoms with E-state index in [4.69, 9.17) is 9.26 Å². The lowest BCUT2D eigenvalue weighted by atomic mass is 9.73. The van der Waals surface area contributed by atoms with Crippen molar-refractivity contribution in [3.05, 3.63) is 46.8 Å². The summed E-state index contributed by atoms with van der Waals surface area (Å²) in [5.74, 6) is 1.12. The Bertz CT molecular complexity index is 817. The van der Waals surface area contributed by atoms with Crippen LogP contribution in [-0.2, 0) is 21.5 Å². The van der Waals surface area contributed by atoms with Crippen LogP contribution in [0.4, 0.5) is 5.69 Å². The van der Waals surface area contributed by atoms with Crippen molar-refractivity contribution in [1.82, 2.24) is 10.1 Å². The lowest BCUT2D eigenvalue weighted by Crippen LogP contribution is -2.49. The molecule has 1 fully saturated rings. The van der Waals surface area contributed by atoms with Crippen LogP contribution >= 0.6 is 0 Å². The van der Waals surface area contributed by atoms with Gasteiger partial charge in [0.2, 0.25) is 5.91 Å². The normalized spacial score (nSPS) is 19.1. The van der Waals surface area contributed by atoms with Crippen molar-refractivity contribution in [2.24, 2.45) is 0 Å². The van der Waals surface area contributed by atoms with Crippen molar-refractivity contribution in [3.8, 4) is 0 Å². The molecule has 1 saturated heterocycles. The van der Waals surface area contributed by atoms with E-state index in [1.54, 1.807) is 7.11 Å². The summed E-state index contributed by atoms with van der Waals surface area (Å²) < 4.78 is 10.5. The van der Waals surface area contributed by atoms with Crippen LogP contribution in [0.15, 0.2) is 28.8 Å². The van der Waals surface area contributed by atoms with E-state index < -0.39 is 0 Å². The SMILES string of the molecule is COCCN1C(=O)C2(CCN(Cc3c(C)noc3C)CC2)c2ccccc21. The highest BCUT2D eigenvalue weighted by Gasteiger charge is 2.51. The number of likely N-dealkylation sites (tertiary alicyclic amines) is 1. The largest absolute Gasteiger partial charge is 0.383 e. The molecular formula is C21H27N3O3. The summed E-state index contributed by atoms with van der Waals surface area (Å²) in [7, 11) is 1.68. The second-order valence-electron chi connectivity index (χ2n) is 7.63. The predicted molar refractivity (Wildman–Crippen MR) is 103 cm³/mol. The Hall–Kier alpha value is -2.18. The summed E-state index contributed by atoms with van der Waals surface area (Å²) in [6, 6.07) is 8.25. The topological polar surface area (TPSA) is 58.8 Å². The van der Waals surface area contributed by atoms with Crippen LogP contribution in [0.25, 0.3) is 0 Å². The first kappa shape index (κ1) is 18.2. The standard InChI is InChI=1S/C21H27N3O3/c1-15-17(16(2)27-22-15)14-23-10-8-21(9-11-23)18-6-4-5-7-19(18)24(20(21)25)12-13-26-3/h4-7H,8-14H2,1-3H3. The van der Waals surface area contributed by atoms with Crippen molar-refractivity contribution >= 4 is 11.6 Å². The Labute approximate surface area is 160 Å². The molecule has 0 bridgehead atoms. The van der Waals surface area contributed by atoms with Gasteiger partial charge in [0.05, 0.1) is 17.7 Å². The molecule has 144 valence electrons. The van der Waals surface area contributed by atoms with Crippen molar-refractivity contribution in [1.29, 1.82) is 0 Å². The molecule has 4 rings (SSSR count). The average molecular weight is 369 g/mol. The number of methoxy groups -OCH3 is 1. The number of anilines is 1. The number of ether oxygens (including phenoxy) is 1. The van der Waals surface area contributed by atoms with E-state index in [1.807, 2.05) is 30.9 Å². The molecule has 1 spiro atoms. The molecule has 0 N–H and O–H groups in total. The van der Waals surface area contributed by atoms with Crippen molar-refractivity contribution in [2.45, 2.75) is 38.6 Å². The molecule has 1 aromatic carbocycles. The van der Waals surface area contributed by atoms with Crippen LogP contribution in [-0.4, -0.2) is 49.3 Å². The number of carbonyl (C=O) groups is 1. The first-order valence-corrected chi connectivity index (χ1v) is 9.61. The molecule has 1 aromatic heterocycles. The first-order valence-electron chi connectivity index (χ1n) is 9.61. The number of aryl methyl sites for hydroxylation is 2. The van der Waals surface area contributed by atoms with Gasteiger partial charge in [-0.05, 0) is 51.4 Å². The quantitative estimate of drug-likeness (QED) is 0.811. The molecule has 2 aliphatic heterocycles. The Morgan fingerprint density at radius 1 is 1.22 bits per heavy atom. The molecule has 3 heterocycles. The maximum Gasteiger partial charge on any atom is 0.237 e. The zero-order valence-electron chi connectivity index (χ0n) is 16.3. The molecule has 0 aliphatic carbocycles. The maximum absolute atomic E-state index is 13.4. The minimum Gasteiger partial charge on any atom is -0.383 e. The second kappa shape index (κ2) is 7.09. The number of carbonyl (C=O) groups excluding carboxylic acids is 1. The van der Waals surface area contributed by atoms with Crippen molar-refractivity contribution in [3.63, 3.8) is 0 Å². The maximum atomic E-state index is 13.4. The third kappa shape index (κ3) is 2.97. The molecule has 1 amide bonds. The van der Waals surface area contributed by atoms with Crippen LogP contribution in [0, 0.1) is 13.8 Å². The van der Waals surface area contributed by atoms with Gasteiger partial charge in [-0.15, -0.1) is 0 Å². The molecule has 6 nitrogen and oxygen atoms in total. The van der Waals surface area contributed by atoms with Crippen LogP contribution in [0.1, 0.15) is 35.4 Å². The lowest BCUT2D eigenvalue weighted by Gasteiger charge is -2.38. The van der Waals surface area contributed by atoms with Gasteiger partial charge in [0.25, 0.3) is 0 Å². The first-order chi connectivity index (χ1) is 13.1. The van der Waals surface area contributed by atoms with Crippen molar-refractivity contribution < 1.29 is 14.1 Å². The van der Waals surface area contributed by atoms with E-state index >= 15 is 0 Å². The molecule has 2 aromatic rings. The highest BCUT2D eigenvalue weighted by molar-refractivity contribution is 6.08. The predicted octanol–water partition coefficient (Wildman–Crippen LogP) is 2.82. The number of fused-ring (bicyclic) bond motifs is 2. The number of piperidine rings is 1. The highest BCUT2D eigenvalue weighted by atomic mass is 16.5. The molecular weight excluding hydrogens is 342 g/mol. The van der Waals surface area contributed by atoms with E-state index in [-0.39, 0.29) is 11.3 Å². The number of benzene rings is 1. The minimum absolute atomic E-state index is 0.234. The molecule has 2 aliphatic rings. The fourth-order valence-electron chi connectivity index (χ4n) is 4.53. The molecule has 0 atom stereocenters. The Balaban J connectivity index is 1.54. The van der Waals surface area contributed by atoms with Gasteiger partial charge in [-0.25, -0.2) is 0 Å². The van der Waals surface area contributed by atoms with E-state index in [1.165, 1.54) is 11.1 Å². The fraction of sp³-hybridized carbons (Fsp3) is 0.524. The number of hydrogen-bond donors (Lipinski definition) is 0. The molecule has 6 heteroatoms. The second-order valence-corrected chi connectivity index (χ2v) is 7.63. The number of para-hydroxylation sites is 1. The summed E-state index contributed by atoms with van der Waals surface area (Å²) >= 11 is 0. The van der Waals surface area contributed by atoms with E-state index in [0.717, 1.165) is 49.6 Å². The van der Waals surface area contributed by atoms with Gasteiger partial charge < -0.3 is 14.2 Å². The van der Waals surface area contributed by atoms with Crippen LogP contribution in [0.2, 0.25) is 0 Å². The van der Waals surface area contributed by atoms with Crippen LogP contribution < -0.4 is 4.90 Å². The zero-order chi connectivity index (χ0) is 19.0. The Morgan fingerprint density at radius 2 is 1.96 bits per heavy atom. The van der Waals surface area contributed by atoms with E-state index in [9.17, 15) is 4.79 Å². The Morgan fingerprint density at radius 3 is 2.63 bits per heavy atom. The lowest BCUT2D eigenvalue weighted by molar-refractivity contribution is -0.125. The minimum atomic E-state index is -0.389. The van der Waals surface area contributed by atoms with Crippen LogP contribution in [0.3, 0.4) is 0 Å². The van der Waals surface area contributed by atoms with E-state index in [2.05, 4.69) is 22.2 Å². The summed E-state index contributed by atoms with van der Waals surface area (Å²) in [6.45, 7) is 7.73. The fourth-order valence-corrected chi connectivity index (χ4v) is 4.53. The number of hydrogen-bond acceptors (Lipinski definition) is 5. The van der Waals surface area contributed by atoms with Gasteiger partial charge in [0.15, 0.2) is 0 Å². The zero-order valence-corrected chi connectivity index (χ0v) is 16.3. The number of amides is 1. The Kier molecular flexibility index (Phi) is 4.78. The smallest absolute Gasteiger partial charge is 0.237 e. The highest BCUT2D eigenvalue weighted by Crippen LogP contribution is 2.47.